The highest BCUT2D eigenvalue weighted by atomic mass is 32.2. The highest BCUT2D eigenvalue weighted by Crippen LogP contribution is 2.41. The number of rotatable bonds is 14. The van der Waals surface area contributed by atoms with Crippen LogP contribution < -0.4 is 10.5 Å². The number of unbranched alkanes of at least 4 members (excludes halogenated alkanes) is 2. The van der Waals surface area contributed by atoms with Gasteiger partial charge in [-0.3, -0.25) is 14.5 Å². The predicted molar refractivity (Wildman–Crippen MR) is 149 cm³/mol. The summed E-state index contributed by atoms with van der Waals surface area (Å²) in [6, 6.07) is 5.46. The lowest BCUT2D eigenvalue weighted by Gasteiger charge is -2.30. The number of benzene rings is 1. The summed E-state index contributed by atoms with van der Waals surface area (Å²) in [5, 5.41) is 10.4. The number of hydrogen-bond donors (Lipinski definition) is 2. The number of sulfonamides is 1. The standard InChI is InChI=1S/C28H44N4O6S/c1-2-3-12-30(13-5-4-11-29)26(33)20-31-19-23(21-7-8-25-22(18-21)10-16-38-25)27(28(34)35)24(31)9-15-32-14-6-17-39(32,36)37/h7-8,18,23-24,27H,2-6,9-17,19-20,29H2,1H3,(H,34,35)/t23-,24+,27-/m1/s1. The van der Waals surface area contributed by atoms with E-state index in [1.807, 2.05) is 21.9 Å². The number of hydrogen-bond acceptors (Lipinski definition) is 7. The van der Waals surface area contributed by atoms with Gasteiger partial charge in [0.2, 0.25) is 15.9 Å². The molecule has 0 saturated carbocycles. The molecular weight excluding hydrogens is 520 g/mol. The molecule has 3 heterocycles. The molecule has 0 bridgehead atoms. The van der Waals surface area contributed by atoms with E-state index in [1.165, 1.54) is 4.31 Å². The summed E-state index contributed by atoms with van der Waals surface area (Å²) >= 11 is 0. The van der Waals surface area contributed by atoms with Crippen LogP contribution in [0, 0.1) is 5.92 Å². The Labute approximate surface area is 232 Å². The molecule has 0 spiro atoms. The van der Waals surface area contributed by atoms with Crippen molar-refractivity contribution in [3.05, 3.63) is 29.3 Å². The molecule has 3 N–H and O–H groups in total. The van der Waals surface area contributed by atoms with Gasteiger partial charge in [-0.1, -0.05) is 25.5 Å². The van der Waals surface area contributed by atoms with Crippen LogP contribution in [0.15, 0.2) is 18.2 Å². The second kappa shape index (κ2) is 13.4. The van der Waals surface area contributed by atoms with Gasteiger partial charge >= 0.3 is 5.97 Å². The van der Waals surface area contributed by atoms with Crippen molar-refractivity contribution in [2.75, 3.05) is 58.2 Å². The first kappa shape index (κ1) is 29.8. The Morgan fingerprint density at radius 1 is 1.21 bits per heavy atom. The molecule has 4 rings (SSSR count). The van der Waals surface area contributed by atoms with Gasteiger partial charge in [-0.15, -0.1) is 0 Å². The minimum Gasteiger partial charge on any atom is -0.493 e. The monoisotopic (exact) mass is 564 g/mol. The lowest BCUT2D eigenvalue weighted by molar-refractivity contribution is -0.143. The summed E-state index contributed by atoms with van der Waals surface area (Å²) in [5.74, 6) is -0.988. The molecule has 39 heavy (non-hydrogen) atoms. The number of nitrogens with zero attached hydrogens (tertiary/aromatic N) is 3. The number of amides is 1. The lowest BCUT2D eigenvalue weighted by atomic mass is 9.83. The van der Waals surface area contributed by atoms with E-state index < -0.39 is 28.0 Å². The highest BCUT2D eigenvalue weighted by Gasteiger charge is 2.47. The summed E-state index contributed by atoms with van der Waals surface area (Å²) in [4.78, 5) is 30.2. The molecule has 0 aliphatic carbocycles. The van der Waals surface area contributed by atoms with Crippen molar-refractivity contribution in [3.63, 3.8) is 0 Å². The maximum Gasteiger partial charge on any atom is 0.308 e. The summed E-state index contributed by atoms with van der Waals surface area (Å²) in [5.41, 5.74) is 7.69. The number of ether oxygens (including phenoxy) is 1. The molecule has 2 saturated heterocycles. The van der Waals surface area contributed by atoms with Gasteiger partial charge < -0.3 is 20.5 Å². The summed E-state index contributed by atoms with van der Waals surface area (Å²) in [7, 11) is -3.30. The Morgan fingerprint density at radius 3 is 2.69 bits per heavy atom. The van der Waals surface area contributed by atoms with Crippen molar-refractivity contribution < 1.29 is 27.9 Å². The summed E-state index contributed by atoms with van der Waals surface area (Å²) < 4.78 is 32.1. The first-order chi connectivity index (χ1) is 18.7. The number of nitrogens with two attached hydrogens (primary N) is 1. The van der Waals surface area contributed by atoms with Gasteiger partial charge in [0.15, 0.2) is 0 Å². The molecule has 0 aromatic heterocycles. The van der Waals surface area contributed by atoms with E-state index in [4.69, 9.17) is 10.5 Å². The van der Waals surface area contributed by atoms with E-state index in [1.54, 1.807) is 0 Å². The molecule has 3 aliphatic heterocycles. The Balaban J connectivity index is 1.58. The van der Waals surface area contributed by atoms with Crippen molar-refractivity contribution in [1.29, 1.82) is 0 Å². The molecule has 1 amide bonds. The van der Waals surface area contributed by atoms with Crippen molar-refractivity contribution in [1.82, 2.24) is 14.1 Å². The normalized spacial score (nSPS) is 24.5. The Bertz CT molecular complexity index is 1110. The largest absolute Gasteiger partial charge is 0.493 e. The van der Waals surface area contributed by atoms with Crippen molar-refractivity contribution in [3.8, 4) is 5.75 Å². The molecule has 10 nitrogen and oxygen atoms in total. The number of carbonyl (C=O) groups is 2. The Hall–Kier alpha value is -2.21. The fraction of sp³-hybridized carbons (Fsp3) is 0.714. The molecule has 2 fully saturated rings. The van der Waals surface area contributed by atoms with Crippen LogP contribution in [-0.4, -0.2) is 104 Å². The number of likely N-dealkylation sites (tertiary alicyclic amines) is 1. The van der Waals surface area contributed by atoms with Gasteiger partial charge in [-0.05, 0) is 55.8 Å². The average Bonchev–Trinajstić information content (AvgIpc) is 3.60. The predicted octanol–water partition coefficient (Wildman–Crippen LogP) is 1.88. The van der Waals surface area contributed by atoms with Crippen molar-refractivity contribution >= 4 is 21.9 Å². The van der Waals surface area contributed by atoms with E-state index in [0.29, 0.717) is 52.2 Å². The first-order valence-corrected chi connectivity index (χ1v) is 16.0. The van der Waals surface area contributed by atoms with Crippen LogP contribution in [0.1, 0.15) is 62.5 Å². The number of carboxylic acid groups (broad SMARTS) is 1. The summed E-state index contributed by atoms with van der Waals surface area (Å²) in [6.45, 7) is 5.89. The maximum atomic E-state index is 13.6. The lowest BCUT2D eigenvalue weighted by Crippen LogP contribution is -2.45. The van der Waals surface area contributed by atoms with Crippen LogP contribution in [-0.2, 0) is 26.0 Å². The molecule has 3 aliphatic rings. The molecule has 3 atom stereocenters. The third-order valence-electron chi connectivity index (χ3n) is 8.41. The molecule has 218 valence electrons. The van der Waals surface area contributed by atoms with Crippen LogP contribution in [0.3, 0.4) is 0 Å². The zero-order valence-electron chi connectivity index (χ0n) is 23.1. The number of carboxylic acids is 1. The average molecular weight is 565 g/mol. The number of carbonyl (C=O) groups excluding carboxylic acids is 1. The molecule has 11 heteroatoms. The number of fused-ring (bicyclic) bond motifs is 1. The molecular formula is C28H44N4O6S. The third-order valence-corrected chi connectivity index (χ3v) is 10.4. The fourth-order valence-electron chi connectivity index (χ4n) is 6.28. The zero-order valence-corrected chi connectivity index (χ0v) is 23.9. The minimum absolute atomic E-state index is 0.00796. The molecule has 1 aromatic rings. The van der Waals surface area contributed by atoms with Gasteiger partial charge in [-0.2, -0.15) is 0 Å². The molecule has 0 unspecified atom stereocenters. The van der Waals surface area contributed by atoms with Gasteiger partial charge in [0.05, 0.1) is 24.8 Å². The van der Waals surface area contributed by atoms with E-state index >= 15 is 0 Å². The molecule has 1 aromatic carbocycles. The van der Waals surface area contributed by atoms with Crippen LogP contribution in [0.5, 0.6) is 5.75 Å². The Kier molecular flexibility index (Phi) is 10.3. The van der Waals surface area contributed by atoms with Crippen molar-refractivity contribution in [2.24, 2.45) is 11.7 Å². The van der Waals surface area contributed by atoms with Crippen molar-refractivity contribution in [2.45, 2.75) is 63.8 Å². The minimum atomic E-state index is -3.30. The topological polar surface area (TPSA) is 133 Å². The SMILES string of the molecule is CCCCN(CCCCN)C(=O)CN1C[C@H](c2ccc3c(c2)CCO3)[C@@H](C(=O)O)[C@@H]1CCN1CCCS1(=O)=O. The summed E-state index contributed by atoms with van der Waals surface area (Å²) in [6.07, 6.45) is 5.31. The molecule has 0 radical (unpaired) electrons. The first-order valence-electron chi connectivity index (χ1n) is 14.4. The van der Waals surface area contributed by atoms with Gasteiger partial charge in [0.1, 0.15) is 5.75 Å². The van der Waals surface area contributed by atoms with E-state index in [9.17, 15) is 23.1 Å². The zero-order chi connectivity index (χ0) is 28.0. The second-order valence-corrected chi connectivity index (χ2v) is 13.1. The van der Waals surface area contributed by atoms with E-state index in [2.05, 4.69) is 13.0 Å². The van der Waals surface area contributed by atoms with Gasteiger partial charge in [0.25, 0.3) is 0 Å². The third kappa shape index (κ3) is 7.11. The maximum absolute atomic E-state index is 13.6. The fourth-order valence-corrected chi connectivity index (χ4v) is 7.82. The van der Waals surface area contributed by atoms with E-state index in [0.717, 1.165) is 49.0 Å². The van der Waals surface area contributed by atoms with Crippen LogP contribution in [0.2, 0.25) is 0 Å². The second-order valence-electron chi connectivity index (χ2n) is 11.0. The Morgan fingerprint density at radius 2 is 2.00 bits per heavy atom. The van der Waals surface area contributed by atoms with Crippen LogP contribution >= 0.6 is 0 Å². The van der Waals surface area contributed by atoms with Crippen LogP contribution in [0.4, 0.5) is 0 Å². The smallest absolute Gasteiger partial charge is 0.308 e. The van der Waals surface area contributed by atoms with E-state index in [-0.39, 0.29) is 30.7 Å². The quantitative estimate of drug-likeness (QED) is 0.327. The van der Waals surface area contributed by atoms with Crippen LogP contribution in [0.25, 0.3) is 0 Å². The van der Waals surface area contributed by atoms with Gasteiger partial charge in [0, 0.05) is 51.1 Å². The highest BCUT2D eigenvalue weighted by molar-refractivity contribution is 7.89. The number of aliphatic carboxylic acids is 1. The van der Waals surface area contributed by atoms with Gasteiger partial charge in [-0.25, -0.2) is 12.7 Å².